The van der Waals surface area contributed by atoms with E-state index in [1.165, 1.54) is 0 Å². The van der Waals surface area contributed by atoms with Gasteiger partial charge in [0.15, 0.2) is 5.16 Å². The van der Waals surface area contributed by atoms with Crippen LogP contribution in [0, 0.1) is 0 Å². The van der Waals surface area contributed by atoms with Crippen LogP contribution in [0.3, 0.4) is 0 Å². The molecule has 0 N–H and O–H groups in total. The minimum Gasteiger partial charge on any atom is -0.467 e. The highest BCUT2D eigenvalue weighted by molar-refractivity contribution is 7.98. The van der Waals surface area contributed by atoms with Crippen molar-refractivity contribution in [2.45, 2.75) is 11.7 Å². The maximum Gasteiger partial charge on any atom is 0.169 e. The molecule has 86 valence electrons. The third-order valence-corrected chi connectivity index (χ3v) is 3.37. The van der Waals surface area contributed by atoms with Crippen LogP contribution in [-0.4, -0.2) is 15.8 Å². The molecule has 4 heteroatoms. The number of rotatable bonds is 3. The van der Waals surface area contributed by atoms with Gasteiger partial charge < -0.3 is 8.98 Å². The molecule has 2 heterocycles. The van der Waals surface area contributed by atoms with Crippen LogP contribution in [0.4, 0.5) is 0 Å². The first-order valence-electron chi connectivity index (χ1n) is 5.40. The molecule has 0 radical (unpaired) electrons. The van der Waals surface area contributed by atoms with Gasteiger partial charge in [0.05, 0.1) is 23.8 Å². The van der Waals surface area contributed by atoms with E-state index in [2.05, 4.69) is 15.6 Å². The number of aromatic nitrogens is 2. The normalized spacial score (nSPS) is 11.1. The van der Waals surface area contributed by atoms with E-state index in [1.807, 2.05) is 36.6 Å². The molecule has 0 aliphatic heterocycles. The average Bonchev–Trinajstić information content (AvgIpc) is 2.98. The van der Waals surface area contributed by atoms with Crippen molar-refractivity contribution < 1.29 is 4.42 Å². The lowest BCUT2D eigenvalue weighted by Crippen LogP contribution is -1.99. The summed E-state index contributed by atoms with van der Waals surface area (Å²) in [5, 5.41) is 1.02. The fourth-order valence-corrected chi connectivity index (χ4v) is 2.49. The summed E-state index contributed by atoms with van der Waals surface area (Å²) in [4.78, 5) is 4.60. The lowest BCUT2D eigenvalue weighted by atomic mass is 10.3. The zero-order valence-electron chi connectivity index (χ0n) is 9.46. The monoisotopic (exact) mass is 244 g/mol. The number of hydrogen-bond donors (Lipinski definition) is 0. The Morgan fingerprint density at radius 2 is 2.12 bits per heavy atom. The van der Waals surface area contributed by atoms with Gasteiger partial charge in [0.2, 0.25) is 0 Å². The Morgan fingerprint density at radius 1 is 1.24 bits per heavy atom. The zero-order valence-corrected chi connectivity index (χ0v) is 10.3. The van der Waals surface area contributed by atoms with Gasteiger partial charge in [-0.3, -0.25) is 0 Å². The second-order valence-corrected chi connectivity index (χ2v) is 4.53. The van der Waals surface area contributed by atoms with Crippen molar-refractivity contribution in [3.05, 3.63) is 48.4 Å². The van der Waals surface area contributed by atoms with Crippen molar-refractivity contribution in [1.82, 2.24) is 9.55 Å². The smallest absolute Gasteiger partial charge is 0.169 e. The highest BCUT2D eigenvalue weighted by atomic mass is 32.2. The minimum atomic E-state index is 0.726. The lowest BCUT2D eigenvalue weighted by molar-refractivity contribution is 0.488. The molecule has 0 saturated heterocycles. The molecule has 3 nitrogen and oxygen atoms in total. The molecule has 0 amide bonds. The van der Waals surface area contributed by atoms with E-state index in [1.54, 1.807) is 18.0 Å². The number of imidazole rings is 1. The second-order valence-electron chi connectivity index (χ2n) is 3.75. The molecule has 3 aromatic rings. The largest absolute Gasteiger partial charge is 0.467 e. The van der Waals surface area contributed by atoms with Crippen molar-refractivity contribution in [2.24, 2.45) is 0 Å². The highest BCUT2D eigenvalue weighted by Crippen LogP contribution is 2.23. The summed E-state index contributed by atoms with van der Waals surface area (Å²) in [5.41, 5.74) is 2.18. The Morgan fingerprint density at radius 3 is 2.88 bits per heavy atom. The summed E-state index contributed by atoms with van der Waals surface area (Å²) >= 11 is 1.65. The summed E-state index contributed by atoms with van der Waals surface area (Å²) < 4.78 is 7.58. The maximum absolute atomic E-state index is 5.40. The molecule has 0 saturated carbocycles. The number of para-hydroxylation sites is 2. The molecule has 2 aromatic heterocycles. The minimum absolute atomic E-state index is 0.726. The number of nitrogens with zero attached hydrogens (tertiary/aromatic N) is 2. The molecule has 0 aliphatic carbocycles. The van der Waals surface area contributed by atoms with E-state index in [4.69, 9.17) is 4.42 Å². The van der Waals surface area contributed by atoms with Gasteiger partial charge in [-0.05, 0) is 30.5 Å². The van der Waals surface area contributed by atoms with Gasteiger partial charge in [-0.2, -0.15) is 0 Å². The molecule has 0 bridgehead atoms. The number of thioether (sulfide) groups is 1. The van der Waals surface area contributed by atoms with Crippen molar-refractivity contribution in [3.63, 3.8) is 0 Å². The first kappa shape index (κ1) is 10.5. The average molecular weight is 244 g/mol. The summed E-state index contributed by atoms with van der Waals surface area (Å²) in [6.45, 7) is 0.726. The number of benzene rings is 1. The standard InChI is InChI=1S/C13H12N2OS/c1-17-13-14-11-6-2-3-7-12(11)15(13)9-10-5-4-8-16-10/h2-8H,9H2,1H3. The third kappa shape index (κ3) is 1.85. The van der Waals surface area contributed by atoms with Crippen LogP contribution in [0.5, 0.6) is 0 Å². The van der Waals surface area contributed by atoms with Gasteiger partial charge in [-0.1, -0.05) is 23.9 Å². The van der Waals surface area contributed by atoms with Crippen LogP contribution in [0.25, 0.3) is 11.0 Å². The molecule has 1 aromatic carbocycles. The predicted octanol–water partition coefficient (Wildman–Crippen LogP) is 3.40. The molecule has 3 rings (SSSR count). The Bertz CT molecular complexity index is 628. The topological polar surface area (TPSA) is 31.0 Å². The van der Waals surface area contributed by atoms with Crippen LogP contribution >= 0.6 is 11.8 Å². The van der Waals surface area contributed by atoms with Crippen molar-refractivity contribution in [3.8, 4) is 0 Å². The quantitative estimate of drug-likeness (QED) is 0.662. The van der Waals surface area contributed by atoms with E-state index in [9.17, 15) is 0 Å². The molecular formula is C13H12N2OS. The summed E-state index contributed by atoms with van der Waals surface area (Å²) in [6.07, 6.45) is 3.74. The molecule has 0 aliphatic rings. The predicted molar refractivity (Wildman–Crippen MR) is 69.3 cm³/mol. The van der Waals surface area contributed by atoms with E-state index in [-0.39, 0.29) is 0 Å². The molecule has 0 spiro atoms. The van der Waals surface area contributed by atoms with E-state index in [0.717, 1.165) is 28.5 Å². The third-order valence-electron chi connectivity index (χ3n) is 2.70. The lowest BCUT2D eigenvalue weighted by Gasteiger charge is -2.04. The summed E-state index contributed by atoms with van der Waals surface area (Å²) in [7, 11) is 0. The van der Waals surface area contributed by atoms with Crippen LogP contribution in [0.1, 0.15) is 5.76 Å². The molecule has 0 atom stereocenters. The van der Waals surface area contributed by atoms with Crippen LogP contribution in [0.15, 0.2) is 52.2 Å². The Balaban J connectivity index is 2.12. The zero-order chi connectivity index (χ0) is 11.7. The number of fused-ring (bicyclic) bond motifs is 1. The van der Waals surface area contributed by atoms with Gasteiger partial charge in [-0.15, -0.1) is 0 Å². The SMILES string of the molecule is CSc1nc2ccccc2n1Cc1ccco1. The van der Waals surface area contributed by atoms with Gasteiger partial charge in [0, 0.05) is 0 Å². The van der Waals surface area contributed by atoms with Crippen molar-refractivity contribution >= 4 is 22.8 Å². The van der Waals surface area contributed by atoms with Gasteiger partial charge in [0.25, 0.3) is 0 Å². The Kier molecular flexibility index (Phi) is 2.65. The molecular weight excluding hydrogens is 232 g/mol. The van der Waals surface area contributed by atoms with Crippen LogP contribution in [-0.2, 0) is 6.54 Å². The number of hydrogen-bond acceptors (Lipinski definition) is 3. The second kappa shape index (κ2) is 4.30. The van der Waals surface area contributed by atoms with E-state index in [0.29, 0.717) is 0 Å². The van der Waals surface area contributed by atoms with Crippen LogP contribution in [0.2, 0.25) is 0 Å². The Labute approximate surface area is 103 Å². The summed E-state index contributed by atoms with van der Waals surface area (Å²) in [5.74, 6) is 0.948. The first-order valence-corrected chi connectivity index (χ1v) is 6.62. The highest BCUT2D eigenvalue weighted by Gasteiger charge is 2.10. The van der Waals surface area contributed by atoms with E-state index < -0.39 is 0 Å². The maximum atomic E-state index is 5.40. The molecule has 0 fully saturated rings. The Hall–Kier alpha value is -1.68. The first-order chi connectivity index (χ1) is 8.38. The van der Waals surface area contributed by atoms with E-state index >= 15 is 0 Å². The number of furan rings is 1. The summed E-state index contributed by atoms with van der Waals surface area (Å²) in [6, 6.07) is 12.1. The fraction of sp³-hybridized carbons (Fsp3) is 0.154. The van der Waals surface area contributed by atoms with Gasteiger partial charge in [0.1, 0.15) is 5.76 Å². The van der Waals surface area contributed by atoms with Crippen LogP contribution < -0.4 is 0 Å². The van der Waals surface area contributed by atoms with Gasteiger partial charge >= 0.3 is 0 Å². The fourth-order valence-electron chi connectivity index (χ4n) is 1.92. The van der Waals surface area contributed by atoms with Crippen molar-refractivity contribution in [2.75, 3.05) is 6.26 Å². The molecule has 0 unspecified atom stereocenters. The van der Waals surface area contributed by atoms with Crippen molar-refractivity contribution in [1.29, 1.82) is 0 Å². The molecule has 17 heavy (non-hydrogen) atoms. The van der Waals surface area contributed by atoms with Gasteiger partial charge in [-0.25, -0.2) is 4.98 Å².